The molecule has 3 rings (SSSR count). The summed E-state index contributed by atoms with van der Waals surface area (Å²) in [7, 11) is -1.90. The highest BCUT2D eigenvalue weighted by Crippen LogP contribution is 2.58. The van der Waals surface area contributed by atoms with Crippen LogP contribution in [-0.4, -0.2) is 49.7 Å². The zero-order chi connectivity index (χ0) is 16.9. The summed E-state index contributed by atoms with van der Waals surface area (Å²) in [6.45, 7) is 2.76. The predicted octanol–water partition coefficient (Wildman–Crippen LogP) is 2.28. The van der Waals surface area contributed by atoms with E-state index >= 15 is 0 Å². The van der Waals surface area contributed by atoms with Crippen molar-refractivity contribution in [3.63, 3.8) is 0 Å². The van der Waals surface area contributed by atoms with Crippen molar-refractivity contribution in [2.75, 3.05) is 20.2 Å². The first-order valence-electron chi connectivity index (χ1n) is 7.74. The monoisotopic (exact) mass is 359 g/mol. The number of halogens is 1. The molecule has 5 nitrogen and oxygen atoms in total. The second kappa shape index (κ2) is 5.70. The number of sulfonamides is 1. The smallest absolute Gasteiger partial charge is 0.243 e. The maximum absolute atomic E-state index is 12.7. The van der Waals surface area contributed by atoms with E-state index in [0.29, 0.717) is 37.4 Å². The number of methoxy groups -OCH3 is 1. The molecule has 0 amide bonds. The Bertz CT molecular complexity index is 700. The van der Waals surface area contributed by atoms with Crippen molar-refractivity contribution in [1.82, 2.24) is 4.31 Å². The van der Waals surface area contributed by atoms with Crippen LogP contribution in [0.1, 0.15) is 26.2 Å². The van der Waals surface area contributed by atoms with Crippen molar-refractivity contribution in [3.05, 3.63) is 29.3 Å². The van der Waals surface area contributed by atoms with Crippen molar-refractivity contribution in [2.45, 2.75) is 42.8 Å². The van der Waals surface area contributed by atoms with Gasteiger partial charge in [-0.1, -0.05) is 17.7 Å². The van der Waals surface area contributed by atoms with Crippen LogP contribution in [0.25, 0.3) is 0 Å². The van der Waals surface area contributed by atoms with E-state index in [1.54, 1.807) is 25.3 Å². The average molecular weight is 360 g/mol. The second-order valence-electron chi connectivity index (χ2n) is 6.67. The van der Waals surface area contributed by atoms with Crippen molar-refractivity contribution < 1.29 is 18.3 Å². The lowest BCUT2D eigenvalue weighted by atomic mass is 9.51. The molecule has 2 aliphatic rings. The van der Waals surface area contributed by atoms with Gasteiger partial charge < -0.3 is 9.84 Å². The number of benzene rings is 1. The topological polar surface area (TPSA) is 66.8 Å². The first-order valence-corrected chi connectivity index (χ1v) is 9.56. The predicted molar refractivity (Wildman–Crippen MR) is 87.9 cm³/mol. The molecular formula is C16H22ClNO4S. The molecule has 1 heterocycles. The van der Waals surface area contributed by atoms with Gasteiger partial charge in [-0.3, -0.25) is 0 Å². The van der Waals surface area contributed by atoms with Crippen LogP contribution >= 0.6 is 11.6 Å². The summed E-state index contributed by atoms with van der Waals surface area (Å²) in [5, 5.41) is 10.7. The third-order valence-electron chi connectivity index (χ3n) is 5.77. The lowest BCUT2D eigenvalue weighted by Gasteiger charge is -2.62. The first kappa shape index (κ1) is 17.2. The molecule has 7 heteroatoms. The van der Waals surface area contributed by atoms with Gasteiger partial charge in [-0.25, -0.2) is 8.42 Å². The standard InChI is InChI=1S/C16H22ClNO4S/c1-15(22-2)11-14(19)16(15)6-8-18(9-7-16)23(20,21)13-5-3-4-12(17)10-13/h3-5,10,14,19H,6-9,11H2,1-2H3/t14-,15+/m1/s1. The molecule has 1 aliphatic carbocycles. The Labute approximate surface area is 142 Å². The van der Waals surface area contributed by atoms with E-state index in [1.807, 2.05) is 6.92 Å². The largest absolute Gasteiger partial charge is 0.392 e. The van der Waals surface area contributed by atoms with Crippen LogP contribution in [0.2, 0.25) is 5.02 Å². The molecule has 1 saturated heterocycles. The van der Waals surface area contributed by atoms with Crippen LogP contribution in [0.4, 0.5) is 0 Å². The molecule has 128 valence electrons. The lowest BCUT2D eigenvalue weighted by Crippen LogP contribution is -2.69. The highest BCUT2D eigenvalue weighted by atomic mass is 35.5. The molecule has 0 unspecified atom stereocenters. The fourth-order valence-corrected chi connectivity index (χ4v) is 5.78. The molecule has 2 fully saturated rings. The highest BCUT2D eigenvalue weighted by molar-refractivity contribution is 7.89. The number of piperidine rings is 1. The molecule has 1 saturated carbocycles. The molecule has 1 aliphatic heterocycles. The van der Waals surface area contributed by atoms with E-state index in [1.165, 1.54) is 10.4 Å². The Morgan fingerprint density at radius 2 is 2.00 bits per heavy atom. The van der Waals surface area contributed by atoms with Crippen LogP contribution in [0.5, 0.6) is 0 Å². The minimum absolute atomic E-state index is 0.213. The summed E-state index contributed by atoms with van der Waals surface area (Å²) < 4.78 is 32.6. The Morgan fingerprint density at radius 1 is 1.35 bits per heavy atom. The molecule has 0 radical (unpaired) electrons. The maximum Gasteiger partial charge on any atom is 0.243 e. The van der Waals surface area contributed by atoms with Crippen LogP contribution < -0.4 is 0 Å². The number of ether oxygens (including phenoxy) is 1. The van der Waals surface area contributed by atoms with Crippen molar-refractivity contribution >= 4 is 21.6 Å². The van der Waals surface area contributed by atoms with Gasteiger partial charge in [-0.15, -0.1) is 0 Å². The summed E-state index contributed by atoms with van der Waals surface area (Å²) >= 11 is 5.91. The average Bonchev–Trinajstić information content (AvgIpc) is 2.54. The number of rotatable bonds is 3. The molecule has 0 bridgehead atoms. The van der Waals surface area contributed by atoms with Gasteiger partial charge in [0, 0.05) is 37.1 Å². The molecule has 2 atom stereocenters. The van der Waals surface area contributed by atoms with Crippen LogP contribution in [0.3, 0.4) is 0 Å². The Kier molecular flexibility index (Phi) is 4.26. The molecule has 0 aromatic heterocycles. The Morgan fingerprint density at radius 3 is 2.52 bits per heavy atom. The van der Waals surface area contributed by atoms with E-state index in [2.05, 4.69) is 0 Å². The normalized spacial score (nSPS) is 31.0. The van der Waals surface area contributed by atoms with Gasteiger partial charge in [0.1, 0.15) is 0 Å². The number of aliphatic hydroxyl groups is 1. The van der Waals surface area contributed by atoms with Gasteiger partial charge in [0.2, 0.25) is 10.0 Å². The van der Waals surface area contributed by atoms with E-state index in [-0.39, 0.29) is 15.9 Å². The molecular weight excluding hydrogens is 338 g/mol. The third kappa shape index (κ3) is 2.51. The Hall–Kier alpha value is -0.660. The van der Waals surface area contributed by atoms with Gasteiger partial charge in [0.25, 0.3) is 0 Å². The van der Waals surface area contributed by atoms with Crippen molar-refractivity contribution in [2.24, 2.45) is 5.41 Å². The minimum Gasteiger partial charge on any atom is -0.392 e. The SMILES string of the molecule is CO[C@@]1(C)C[C@@H](O)C12CCN(S(=O)(=O)c1cccc(Cl)c1)CC2. The van der Waals surface area contributed by atoms with Gasteiger partial charge >= 0.3 is 0 Å². The number of hydrogen-bond acceptors (Lipinski definition) is 4. The first-order chi connectivity index (χ1) is 10.7. The summed E-state index contributed by atoms with van der Waals surface area (Å²) in [5.74, 6) is 0. The molecule has 1 aromatic rings. The number of hydrogen-bond donors (Lipinski definition) is 1. The maximum atomic E-state index is 12.7. The lowest BCUT2D eigenvalue weighted by molar-refractivity contribution is -0.258. The zero-order valence-electron chi connectivity index (χ0n) is 13.3. The molecule has 1 aromatic carbocycles. The Balaban J connectivity index is 1.79. The fraction of sp³-hybridized carbons (Fsp3) is 0.625. The van der Waals surface area contributed by atoms with E-state index < -0.39 is 16.1 Å². The van der Waals surface area contributed by atoms with E-state index in [0.717, 1.165) is 0 Å². The van der Waals surface area contributed by atoms with Gasteiger partial charge in [0.05, 0.1) is 16.6 Å². The summed E-state index contributed by atoms with van der Waals surface area (Å²) in [6.07, 6.45) is 1.37. The minimum atomic E-state index is -3.55. The van der Waals surface area contributed by atoms with Crippen molar-refractivity contribution in [3.8, 4) is 0 Å². The summed E-state index contributed by atoms with van der Waals surface area (Å²) in [5.41, 5.74) is -0.722. The van der Waals surface area contributed by atoms with Gasteiger partial charge in [-0.2, -0.15) is 4.31 Å². The molecule has 1 N–H and O–H groups in total. The van der Waals surface area contributed by atoms with Gasteiger partial charge in [0.15, 0.2) is 0 Å². The number of aliphatic hydroxyl groups excluding tert-OH is 1. The second-order valence-corrected chi connectivity index (χ2v) is 9.05. The zero-order valence-corrected chi connectivity index (χ0v) is 14.9. The number of nitrogens with zero attached hydrogens (tertiary/aromatic N) is 1. The van der Waals surface area contributed by atoms with Crippen molar-refractivity contribution in [1.29, 1.82) is 0 Å². The van der Waals surface area contributed by atoms with Gasteiger partial charge in [-0.05, 0) is 38.0 Å². The summed E-state index contributed by atoms with van der Waals surface area (Å²) in [6, 6.07) is 6.32. The quantitative estimate of drug-likeness (QED) is 0.899. The van der Waals surface area contributed by atoms with E-state index in [9.17, 15) is 13.5 Å². The van der Waals surface area contributed by atoms with Crippen LogP contribution in [0.15, 0.2) is 29.2 Å². The molecule has 1 spiro atoms. The third-order valence-corrected chi connectivity index (χ3v) is 7.90. The highest BCUT2D eigenvalue weighted by Gasteiger charge is 2.64. The van der Waals surface area contributed by atoms with Crippen LogP contribution in [-0.2, 0) is 14.8 Å². The summed E-state index contributed by atoms with van der Waals surface area (Å²) in [4.78, 5) is 0.213. The van der Waals surface area contributed by atoms with Crippen LogP contribution in [0, 0.1) is 5.41 Å². The fourth-order valence-electron chi connectivity index (χ4n) is 4.04. The molecule has 23 heavy (non-hydrogen) atoms. The van der Waals surface area contributed by atoms with E-state index in [4.69, 9.17) is 16.3 Å².